The quantitative estimate of drug-likeness (QED) is 0.345. The molecule has 0 saturated heterocycles. The summed E-state index contributed by atoms with van der Waals surface area (Å²) >= 11 is 0. The van der Waals surface area contributed by atoms with Gasteiger partial charge in [0.25, 0.3) is 0 Å². The molecule has 4 atom stereocenters. The lowest BCUT2D eigenvalue weighted by Crippen LogP contribution is -2.18. The van der Waals surface area contributed by atoms with Crippen molar-refractivity contribution in [2.24, 2.45) is 35.0 Å². The third-order valence-corrected chi connectivity index (χ3v) is 4.98. The maximum absolute atomic E-state index is 4.46. The van der Waals surface area contributed by atoms with Crippen molar-refractivity contribution in [3.63, 3.8) is 0 Å². The molecule has 0 aromatic heterocycles. The molecule has 0 rings (SSSR count). The molecule has 0 aliphatic rings. The molecule has 0 heterocycles. The first-order valence-electron chi connectivity index (χ1n) is 9.88. The molecule has 0 aromatic rings. The summed E-state index contributed by atoms with van der Waals surface area (Å²) in [5.41, 5.74) is 0.505. The van der Waals surface area contributed by atoms with Gasteiger partial charge in [-0.2, -0.15) is 0 Å². The van der Waals surface area contributed by atoms with E-state index in [0.717, 1.165) is 23.7 Å². The molecule has 0 spiro atoms. The Hall–Kier alpha value is 0. The van der Waals surface area contributed by atoms with Crippen LogP contribution in [-0.4, -0.2) is 0 Å². The highest BCUT2D eigenvalue weighted by Crippen LogP contribution is 2.34. The first-order chi connectivity index (χ1) is 10.1. The second-order valence-corrected chi connectivity index (χ2v) is 9.64. The summed E-state index contributed by atoms with van der Waals surface area (Å²) in [5.74, 6) is 3.96. The van der Waals surface area contributed by atoms with Crippen LogP contribution in [0.25, 0.3) is 0 Å². The minimum atomic E-state index is 0.505. The third-order valence-electron chi connectivity index (χ3n) is 4.98. The Morgan fingerprint density at radius 3 is 1.77 bits per heavy atom. The van der Waals surface area contributed by atoms with Crippen LogP contribution in [0.5, 0.6) is 0 Å². The Bertz CT molecular complexity index is 263. The Labute approximate surface area is 142 Å². The van der Waals surface area contributed by atoms with Crippen LogP contribution < -0.4 is 0 Å². The lowest BCUT2D eigenvalue weighted by atomic mass is 9.76. The van der Waals surface area contributed by atoms with Crippen molar-refractivity contribution < 1.29 is 0 Å². The largest absolute Gasteiger partial charge is 0.0654 e. The highest BCUT2D eigenvalue weighted by atomic mass is 14.3. The monoisotopic (exact) mass is 309 g/mol. The van der Waals surface area contributed by atoms with Gasteiger partial charge < -0.3 is 0 Å². The third kappa shape index (κ3) is 11.6. The molecule has 0 fully saturated rings. The molecular formula is C22H45. The van der Waals surface area contributed by atoms with E-state index in [1.807, 2.05) is 0 Å². The number of hydrogen-bond donors (Lipinski definition) is 0. The fraction of sp³-hybridized carbons (Fsp3) is 0.955. The van der Waals surface area contributed by atoms with E-state index in [1.54, 1.807) is 0 Å². The van der Waals surface area contributed by atoms with Crippen LogP contribution >= 0.6 is 0 Å². The highest BCUT2D eigenvalue weighted by Gasteiger charge is 2.22. The van der Waals surface area contributed by atoms with E-state index in [-0.39, 0.29) is 0 Å². The molecule has 0 aromatic carbocycles. The van der Waals surface area contributed by atoms with Gasteiger partial charge in [0.1, 0.15) is 0 Å². The molecule has 133 valence electrons. The summed E-state index contributed by atoms with van der Waals surface area (Å²) in [7, 11) is 0. The van der Waals surface area contributed by atoms with Gasteiger partial charge >= 0.3 is 0 Å². The lowest BCUT2D eigenvalue weighted by molar-refractivity contribution is 0.226. The maximum Gasteiger partial charge on any atom is -0.0352 e. The minimum Gasteiger partial charge on any atom is -0.0654 e. The topological polar surface area (TPSA) is 0 Å². The molecule has 0 saturated carbocycles. The van der Waals surface area contributed by atoms with E-state index in [9.17, 15) is 0 Å². The zero-order valence-electron chi connectivity index (χ0n) is 17.0. The second kappa shape index (κ2) is 10.7. The van der Waals surface area contributed by atoms with Crippen molar-refractivity contribution in [1.82, 2.24) is 0 Å². The zero-order valence-corrected chi connectivity index (χ0v) is 17.0. The van der Waals surface area contributed by atoms with Crippen LogP contribution in [0.2, 0.25) is 0 Å². The molecule has 4 unspecified atom stereocenters. The normalized spacial score (nSPS) is 18.3. The van der Waals surface area contributed by atoms with Crippen molar-refractivity contribution in [1.29, 1.82) is 0 Å². The Kier molecular flexibility index (Phi) is 10.7. The van der Waals surface area contributed by atoms with Crippen LogP contribution in [0.4, 0.5) is 0 Å². The summed E-state index contributed by atoms with van der Waals surface area (Å²) in [6.07, 6.45) is 9.36. The smallest absolute Gasteiger partial charge is 0.0352 e. The van der Waals surface area contributed by atoms with E-state index < -0.39 is 0 Å². The molecule has 0 nitrogen and oxygen atoms in total. The average Bonchev–Trinajstić information content (AvgIpc) is 2.24. The van der Waals surface area contributed by atoms with Gasteiger partial charge in [-0.05, 0) is 73.5 Å². The number of hydrogen-bond acceptors (Lipinski definition) is 0. The maximum atomic E-state index is 4.46. The Morgan fingerprint density at radius 1 is 0.773 bits per heavy atom. The summed E-state index contributed by atoms with van der Waals surface area (Å²) in [6.45, 7) is 23.6. The Morgan fingerprint density at radius 2 is 1.27 bits per heavy atom. The predicted octanol–water partition coefficient (Wildman–Crippen LogP) is 7.78. The van der Waals surface area contributed by atoms with Gasteiger partial charge in [-0.25, -0.2) is 0 Å². The highest BCUT2D eigenvalue weighted by molar-refractivity contribution is 4.75. The lowest BCUT2D eigenvalue weighted by Gasteiger charge is -2.30. The average molecular weight is 310 g/mol. The van der Waals surface area contributed by atoms with Crippen molar-refractivity contribution >= 4 is 0 Å². The molecule has 0 aliphatic carbocycles. The van der Waals surface area contributed by atoms with Crippen LogP contribution in [0.3, 0.4) is 0 Å². The first-order valence-corrected chi connectivity index (χ1v) is 9.88. The standard InChI is InChI=1S/C22H45/c1-10-11-22(8,9)16-21(7)15-20(6)14-19(5)13-18(4)12-17(2)3/h17-21H,6,10-16H2,1-5,7-9H3. The molecule has 0 N–H and O–H groups in total. The molecular weight excluding hydrogens is 264 g/mol. The zero-order chi connectivity index (χ0) is 17.3. The van der Waals surface area contributed by atoms with Gasteiger partial charge in [-0.1, -0.05) is 68.7 Å². The minimum absolute atomic E-state index is 0.505. The van der Waals surface area contributed by atoms with E-state index in [4.69, 9.17) is 0 Å². The van der Waals surface area contributed by atoms with Crippen molar-refractivity contribution in [2.75, 3.05) is 0 Å². The van der Waals surface area contributed by atoms with Crippen LogP contribution in [0.15, 0.2) is 0 Å². The van der Waals surface area contributed by atoms with Gasteiger partial charge in [0.15, 0.2) is 0 Å². The van der Waals surface area contributed by atoms with E-state index in [1.165, 1.54) is 44.9 Å². The second-order valence-electron chi connectivity index (χ2n) is 9.64. The summed E-state index contributed by atoms with van der Waals surface area (Å²) in [4.78, 5) is 0. The predicted molar refractivity (Wildman–Crippen MR) is 103 cm³/mol. The van der Waals surface area contributed by atoms with Gasteiger partial charge in [0, 0.05) is 0 Å². The van der Waals surface area contributed by atoms with Crippen LogP contribution in [-0.2, 0) is 0 Å². The molecule has 0 amide bonds. The van der Waals surface area contributed by atoms with Gasteiger partial charge in [0.2, 0.25) is 0 Å². The van der Waals surface area contributed by atoms with Crippen molar-refractivity contribution in [3.05, 3.63) is 6.92 Å². The number of rotatable bonds is 12. The van der Waals surface area contributed by atoms with Crippen LogP contribution in [0, 0.1) is 41.9 Å². The van der Waals surface area contributed by atoms with E-state index >= 15 is 0 Å². The SMILES string of the molecule is [CH2]C(CC(C)CC(C)CC(C)C)CC(C)CC(C)(C)CCC. The van der Waals surface area contributed by atoms with Crippen molar-refractivity contribution in [3.8, 4) is 0 Å². The summed E-state index contributed by atoms with van der Waals surface area (Å²) in [6, 6.07) is 0. The fourth-order valence-electron chi connectivity index (χ4n) is 4.72. The molecule has 0 bridgehead atoms. The van der Waals surface area contributed by atoms with E-state index in [2.05, 4.69) is 62.3 Å². The van der Waals surface area contributed by atoms with Gasteiger partial charge in [-0.15, -0.1) is 0 Å². The Balaban J connectivity index is 4.08. The van der Waals surface area contributed by atoms with Gasteiger partial charge in [-0.3, -0.25) is 0 Å². The summed E-state index contributed by atoms with van der Waals surface area (Å²) < 4.78 is 0. The molecule has 0 heteroatoms. The van der Waals surface area contributed by atoms with Gasteiger partial charge in [0.05, 0.1) is 0 Å². The van der Waals surface area contributed by atoms with Crippen LogP contribution in [0.1, 0.15) is 100 Å². The van der Waals surface area contributed by atoms with E-state index in [0.29, 0.717) is 11.3 Å². The van der Waals surface area contributed by atoms with Crippen molar-refractivity contribution in [2.45, 2.75) is 100 Å². The molecule has 0 aliphatic heterocycles. The fourth-order valence-corrected chi connectivity index (χ4v) is 4.72. The first kappa shape index (κ1) is 22.0. The molecule has 1 radical (unpaired) electrons. The summed E-state index contributed by atoms with van der Waals surface area (Å²) in [5, 5.41) is 0. The molecule has 22 heavy (non-hydrogen) atoms.